The number of nitrogens with one attached hydrogen (secondary N) is 1. The molecule has 1 amide bonds. The molecule has 0 unspecified atom stereocenters. The number of carbonyl (C=O) groups excluding carboxylic acids is 1. The molecule has 0 fully saturated rings. The van der Waals surface area contributed by atoms with E-state index in [0.29, 0.717) is 6.54 Å². The molecule has 2 aromatic carbocycles. The fraction of sp³-hybridized carbons (Fsp3) is 0.300. The minimum Gasteiger partial charge on any atom is -0.325 e. The number of fused-ring (bicyclic) bond motifs is 1. The van der Waals surface area contributed by atoms with Crippen LogP contribution in [0.2, 0.25) is 0 Å². The number of carbonyl (C=O) groups is 1. The zero-order valence-electron chi connectivity index (χ0n) is 15.0. The number of aromatic nitrogens is 1. The number of para-hydroxylation sites is 1. The number of likely N-dealkylation sites (N-methyl/N-ethyl adjacent to an activating group) is 1. The zero-order valence-corrected chi connectivity index (χ0v) is 15.9. The normalized spacial score (nSPS) is 12.5. The molecule has 0 aliphatic rings. The van der Waals surface area contributed by atoms with Crippen LogP contribution in [0.3, 0.4) is 0 Å². The molecular formula is C20H23N3OS. The molecule has 0 saturated carbocycles. The molecule has 0 aliphatic carbocycles. The lowest BCUT2D eigenvalue weighted by Crippen LogP contribution is -2.32. The van der Waals surface area contributed by atoms with Gasteiger partial charge in [-0.25, -0.2) is 4.98 Å². The molecule has 1 aromatic heterocycles. The van der Waals surface area contributed by atoms with Crippen molar-refractivity contribution in [1.29, 1.82) is 0 Å². The molecule has 1 atom stereocenters. The van der Waals surface area contributed by atoms with Gasteiger partial charge in [-0.05, 0) is 57.1 Å². The predicted molar refractivity (Wildman–Crippen MR) is 105 cm³/mol. The van der Waals surface area contributed by atoms with Crippen LogP contribution in [-0.4, -0.2) is 29.4 Å². The van der Waals surface area contributed by atoms with E-state index in [1.165, 1.54) is 4.70 Å². The Balaban J connectivity index is 1.67. The van der Waals surface area contributed by atoms with E-state index in [1.54, 1.807) is 11.3 Å². The van der Waals surface area contributed by atoms with Crippen LogP contribution in [0.5, 0.6) is 0 Å². The van der Waals surface area contributed by atoms with Crippen LogP contribution in [0.15, 0.2) is 42.5 Å². The highest BCUT2D eigenvalue weighted by Gasteiger charge is 2.18. The van der Waals surface area contributed by atoms with Crippen LogP contribution in [0, 0.1) is 13.8 Å². The Labute approximate surface area is 152 Å². The van der Waals surface area contributed by atoms with Crippen LogP contribution < -0.4 is 5.32 Å². The van der Waals surface area contributed by atoms with Crippen molar-refractivity contribution < 1.29 is 4.79 Å². The smallest absolute Gasteiger partial charge is 0.238 e. The average Bonchev–Trinajstić information content (AvgIpc) is 3.01. The Bertz CT molecular complexity index is 870. The van der Waals surface area contributed by atoms with Crippen molar-refractivity contribution in [3.05, 3.63) is 58.6 Å². The first-order valence-electron chi connectivity index (χ1n) is 8.37. The van der Waals surface area contributed by atoms with E-state index in [-0.39, 0.29) is 11.9 Å². The van der Waals surface area contributed by atoms with E-state index in [9.17, 15) is 4.79 Å². The quantitative estimate of drug-likeness (QED) is 0.732. The third kappa shape index (κ3) is 4.06. The molecule has 1 heterocycles. The van der Waals surface area contributed by atoms with Gasteiger partial charge in [0.1, 0.15) is 5.01 Å². The van der Waals surface area contributed by atoms with Gasteiger partial charge in [-0.1, -0.05) is 24.3 Å². The number of rotatable bonds is 5. The van der Waals surface area contributed by atoms with Crippen LogP contribution in [0.1, 0.15) is 29.1 Å². The molecule has 130 valence electrons. The summed E-state index contributed by atoms with van der Waals surface area (Å²) in [6, 6.07) is 14.3. The van der Waals surface area contributed by atoms with E-state index in [2.05, 4.69) is 18.3 Å². The summed E-state index contributed by atoms with van der Waals surface area (Å²) in [5.74, 6) is -0.0100. The minimum atomic E-state index is -0.0100. The lowest BCUT2D eigenvalue weighted by molar-refractivity contribution is -0.117. The summed E-state index contributed by atoms with van der Waals surface area (Å²) < 4.78 is 1.18. The molecule has 0 bridgehead atoms. The Morgan fingerprint density at radius 3 is 2.76 bits per heavy atom. The highest BCUT2D eigenvalue weighted by atomic mass is 32.1. The Kier molecular flexibility index (Phi) is 5.16. The second-order valence-corrected chi connectivity index (χ2v) is 7.54. The number of anilines is 1. The monoisotopic (exact) mass is 353 g/mol. The highest BCUT2D eigenvalue weighted by Crippen LogP contribution is 2.28. The maximum absolute atomic E-state index is 12.4. The molecule has 0 aliphatic heterocycles. The van der Waals surface area contributed by atoms with Gasteiger partial charge in [-0.15, -0.1) is 11.3 Å². The zero-order chi connectivity index (χ0) is 18.0. The average molecular weight is 353 g/mol. The Morgan fingerprint density at radius 1 is 1.24 bits per heavy atom. The maximum atomic E-state index is 12.4. The van der Waals surface area contributed by atoms with E-state index >= 15 is 0 Å². The third-order valence-electron chi connectivity index (χ3n) is 4.39. The van der Waals surface area contributed by atoms with E-state index in [0.717, 1.165) is 27.3 Å². The summed E-state index contributed by atoms with van der Waals surface area (Å²) >= 11 is 1.68. The van der Waals surface area contributed by atoms with Gasteiger partial charge in [-0.2, -0.15) is 0 Å². The molecule has 3 aromatic rings. The van der Waals surface area contributed by atoms with Crippen LogP contribution in [0.4, 0.5) is 5.69 Å². The van der Waals surface area contributed by atoms with Crippen molar-refractivity contribution in [2.75, 3.05) is 18.9 Å². The maximum Gasteiger partial charge on any atom is 0.238 e. The summed E-state index contributed by atoms with van der Waals surface area (Å²) in [7, 11) is 1.96. The molecule has 0 spiro atoms. The molecule has 25 heavy (non-hydrogen) atoms. The van der Waals surface area contributed by atoms with Crippen molar-refractivity contribution in [1.82, 2.24) is 9.88 Å². The molecular weight excluding hydrogens is 330 g/mol. The summed E-state index contributed by atoms with van der Waals surface area (Å²) in [4.78, 5) is 19.1. The van der Waals surface area contributed by atoms with Gasteiger partial charge in [-0.3, -0.25) is 9.69 Å². The fourth-order valence-electron chi connectivity index (χ4n) is 2.68. The molecule has 0 radical (unpaired) electrons. The first-order chi connectivity index (χ1) is 11.9. The molecule has 5 heteroatoms. The largest absolute Gasteiger partial charge is 0.325 e. The summed E-state index contributed by atoms with van der Waals surface area (Å²) in [5.41, 5.74) is 4.10. The van der Waals surface area contributed by atoms with E-state index in [4.69, 9.17) is 4.98 Å². The topological polar surface area (TPSA) is 45.2 Å². The number of hydrogen-bond acceptors (Lipinski definition) is 4. The van der Waals surface area contributed by atoms with Gasteiger partial charge < -0.3 is 5.32 Å². The first kappa shape index (κ1) is 17.6. The number of nitrogens with zero attached hydrogens (tertiary/aromatic N) is 2. The van der Waals surface area contributed by atoms with Gasteiger partial charge in [0.05, 0.1) is 22.8 Å². The predicted octanol–water partition coefficient (Wildman–Crippen LogP) is 4.54. The molecule has 0 saturated heterocycles. The fourth-order valence-corrected chi connectivity index (χ4v) is 3.77. The summed E-state index contributed by atoms with van der Waals surface area (Å²) in [5, 5.41) is 4.05. The van der Waals surface area contributed by atoms with Gasteiger partial charge in [0.2, 0.25) is 5.91 Å². The highest BCUT2D eigenvalue weighted by molar-refractivity contribution is 7.18. The van der Waals surface area contributed by atoms with Gasteiger partial charge in [0, 0.05) is 5.69 Å². The van der Waals surface area contributed by atoms with E-state index in [1.807, 2.05) is 62.2 Å². The SMILES string of the molecule is Cc1ccc(C)c(NC(=O)CN(C)[C@H](C)c2nc3ccccc3s2)c1. The van der Waals surface area contributed by atoms with Crippen molar-refractivity contribution in [3.8, 4) is 0 Å². The van der Waals surface area contributed by atoms with Crippen LogP contribution in [-0.2, 0) is 4.79 Å². The lowest BCUT2D eigenvalue weighted by atomic mass is 10.1. The molecule has 3 rings (SSSR count). The second-order valence-electron chi connectivity index (χ2n) is 6.48. The van der Waals surface area contributed by atoms with Crippen LogP contribution >= 0.6 is 11.3 Å². The number of amides is 1. The second kappa shape index (κ2) is 7.33. The van der Waals surface area contributed by atoms with Crippen molar-refractivity contribution in [2.24, 2.45) is 0 Å². The van der Waals surface area contributed by atoms with E-state index < -0.39 is 0 Å². The number of aryl methyl sites for hydroxylation is 2. The van der Waals surface area contributed by atoms with Crippen molar-refractivity contribution in [2.45, 2.75) is 26.8 Å². The Morgan fingerprint density at radius 2 is 2.00 bits per heavy atom. The molecule has 4 nitrogen and oxygen atoms in total. The summed E-state index contributed by atoms with van der Waals surface area (Å²) in [6.07, 6.45) is 0. The third-order valence-corrected chi connectivity index (χ3v) is 5.60. The van der Waals surface area contributed by atoms with Gasteiger partial charge in [0.25, 0.3) is 0 Å². The minimum absolute atomic E-state index is 0.0100. The van der Waals surface area contributed by atoms with Gasteiger partial charge in [0.15, 0.2) is 0 Å². The molecule has 1 N–H and O–H groups in total. The Hall–Kier alpha value is -2.24. The standard InChI is InChI=1S/C20H23N3OS/c1-13-9-10-14(2)17(11-13)21-19(24)12-23(4)15(3)20-22-16-7-5-6-8-18(16)25-20/h5-11,15H,12H2,1-4H3,(H,21,24)/t15-/m1/s1. The van der Waals surface area contributed by atoms with Crippen molar-refractivity contribution >= 4 is 33.1 Å². The van der Waals surface area contributed by atoms with Gasteiger partial charge >= 0.3 is 0 Å². The number of hydrogen-bond donors (Lipinski definition) is 1. The number of benzene rings is 2. The van der Waals surface area contributed by atoms with Crippen molar-refractivity contribution in [3.63, 3.8) is 0 Å². The van der Waals surface area contributed by atoms with Crippen LogP contribution in [0.25, 0.3) is 10.2 Å². The number of thiazole rings is 1. The summed E-state index contributed by atoms with van der Waals surface area (Å²) in [6.45, 7) is 6.44. The first-order valence-corrected chi connectivity index (χ1v) is 9.18. The lowest BCUT2D eigenvalue weighted by Gasteiger charge is -2.22.